The van der Waals surface area contributed by atoms with Crippen molar-refractivity contribution in [2.24, 2.45) is 12.9 Å². The van der Waals surface area contributed by atoms with Crippen LogP contribution in [0.5, 0.6) is 0 Å². The fourth-order valence-electron chi connectivity index (χ4n) is 2.60. The Balaban J connectivity index is 2.11. The maximum Gasteiger partial charge on any atom is 0.0872 e. The summed E-state index contributed by atoms with van der Waals surface area (Å²) in [5, 5.41) is 4.53. The summed E-state index contributed by atoms with van der Waals surface area (Å²) in [6, 6.07) is 0.0779. The van der Waals surface area contributed by atoms with Gasteiger partial charge >= 0.3 is 0 Å². The average Bonchev–Trinajstić information content (AvgIpc) is 2.71. The van der Waals surface area contributed by atoms with Crippen LogP contribution in [0.1, 0.15) is 18.3 Å². The maximum absolute atomic E-state index is 5.86. The molecule has 6 nitrogen and oxygen atoms in total. The molecule has 1 fully saturated rings. The van der Waals surface area contributed by atoms with Crippen LogP contribution in [-0.2, 0) is 24.6 Å². The molecule has 0 saturated carbocycles. The Morgan fingerprint density at radius 1 is 1.55 bits per heavy atom. The fourth-order valence-corrected chi connectivity index (χ4v) is 3.38. The average molecular weight is 346 g/mol. The summed E-state index contributed by atoms with van der Waals surface area (Å²) in [5.41, 5.74) is 5.15. The molecule has 1 aromatic heterocycles. The molecule has 3 N–H and O–H groups in total. The van der Waals surface area contributed by atoms with Crippen LogP contribution in [0.2, 0.25) is 0 Å². The Morgan fingerprint density at radius 3 is 2.85 bits per heavy atom. The SMILES string of the molecule is CCc1nn(C)c(CC(NN)C2CN(C)CCO2)c1Br. The standard InChI is InChI=1S/C13H24BrN5O/c1-4-9-13(14)11(19(3)17-9)7-10(16-15)12-8-18(2)5-6-20-12/h10,12,16H,4-8,15H2,1-3H3. The van der Waals surface area contributed by atoms with Crippen molar-refractivity contribution in [3.05, 3.63) is 15.9 Å². The highest BCUT2D eigenvalue weighted by atomic mass is 79.9. The van der Waals surface area contributed by atoms with E-state index in [-0.39, 0.29) is 12.1 Å². The van der Waals surface area contributed by atoms with Gasteiger partial charge in [-0.05, 0) is 29.4 Å². The Labute approximate surface area is 128 Å². The Kier molecular flexibility index (Phi) is 5.57. The first-order chi connectivity index (χ1) is 9.56. The number of hydrazine groups is 1. The van der Waals surface area contributed by atoms with Crippen LogP contribution in [0.3, 0.4) is 0 Å². The zero-order chi connectivity index (χ0) is 14.7. The number of hydrogen-bond acceptors (Lipinski definition) is 5. The summed E-state index contributed by atoms with van der Waals surface area (Å²) in [7, 11) is 4.08. The number of hydrogen-bond donors (Lipinski definition) is 2. The number of rotatable bonds is 5. The topological polar surface area (TPSA) is 68.3 Å². The minimum Gasteiger partial charge on any atom is -0.374 e. The molecule has 1 aromatic rings. The Hall–Kier alpha value is -0.470. The van der Waals surface area contributed by atoms with Gasteiger partial charge in [0.1, 0.15) is 0 Å². The molecule has 0 amide bonds. The number of aryl methyl sites for hydroxylation is 2. The minimum atomic E-state index is 0.0779. The van der Waals surface area contributed by atoms with E-state index in [9.17, 15) is 0 Å². The molecule has 0 aliphatic carbocycles. The number of aromatic nitrogens is 2. The van der Waals surface area contributed by atoms with Gasteiger partial charge in [-0.3, -0.25) is 16.0 Å². The second kappa shape index (κ2) is 7.00. The van der Waals surface area contributed by atoms with E-state index >= 15 is 0 Å². The van der Waals surface area contributed by atoms with Crippen molar-refractivity contribution < 1.29 is 4.74 Å². The van der Waals surface area contributed by atoms with E-state index < -0.39 is 0 Å². The van der Waals surface area contributed by atoms with Gasteiger partial charge in [0, 0.05) is 26.6 Å². The summed E-state index contributed by atoms with van der Waals surface area (Å²) >= 11 is 3.65. The van der Waals surface area contributed by atoms with E-state index in [1.165, 1.54) is 0 Å². The number of ether oxygens (including phenoxy) is 1. The van der Waals surface area contributed by atoms with Crippen LogP contribution in [0.25, 0.3) is 0 Å². The monoisotopic (exact) mass is 345 g/mol. The highest BCUT2D eigenvalue weighted by Crippen LogP contribution is 2.24. The third-order valence-corrected chi connectivity index (χ3v) is 4.79. The van der Waals surface area contributed by atoms with Crippen LogP contribution >= 0.6 is 15.9 Å². The van der Waals surface area contributed by atoms with Crippen molar-refractivity contribution in [3.8, 4) is 0 Å². The quantitative estimate of drug-likeness (QED) is 0.599. The van der Waals surface area contributed by atoms with Gasteiger partial charge in [-0.2, -0.15) is 5.10 Å². The molecule has 2 heterocycles. The summed E-state index contributed by atoms with van der Waals surface area (Å²) in [4.78, 5) is 2.27. The van der Waals surface area contributed by atoms with Crippen LogP contribution in [0.15, 0.2) is 4.47 Å². The lowest BCUT2D eigenvalue weighted by atomic mass is 10.0. The zero-order valence-corrected chi connectivity index (χ0v) is 14.0. The molecule has 0 aromatic carbocycles. The van der Waals surface area contributed by atoms with Crippen molar-refractivity contribution in [1.82, 2.24) is 20.1 Å². The largest absolute Gasteiger partial charge is 0.374 e. The Morgan fingerprint density at radius 2 is 2.30 bits per heavy atom. The van der Waals surface area contributed by atoms with Crippen LogP contribution in [0.4, 0.5) is 0 Å². The molecule has 0 bridgehead atoms. The smallest absolute Gasteiger partial charge is 0.0872 e. The molecule has 1 saturated heterocycles. The van der Waals surface area contributed by atoms with Crippen molar-refractivity contribution >= 4 is 15.9 Å². The summed E-state index contributed by atoms with van der Waals surface area (Å²) in [5.74, 6) is 5.74. The molecule has 114 valence electrons. The summed E-state index contributed by atoms with van der Waals surface area (Å²) < 4.78 is 8.88. The van der Waals surface area contributed by atoms with Crippen molar-refractivity contribution in [2.45, 2.75) is 31.9 Å². The normalized spacial score (nSPS) is 22.1. The number of nitrogens with one attached hydrogen (secondary N) is 1. The molecule has 0 radical (unpaired) electrons. The van der Waals surface area contributed by atoms with Gasteiger partial charge in [0.05, 0.1) is 34.6 Å². The van der Waals surface area contributed by atoms with E-state index in [2.05, 4.69) is 45.3 Å². The molecule has 7 heteroatoms. The van der Waals surface area contributed by atoms with Gasteiger partial charge < -0.3 is 9.64 Å². The van der Waals surface area contributed by atoms with E-state index in [0.717, 1.165) is 48.4 Å². The lowest BCUT2D eigenvalue weighted by Gasteiger charge is -2.34. The van der Waals surface area contributed by atoms with Crippen LogP contribution < -0.4 is 11.3 Å². The van der Waals surface area contributed by atoms with E-state index in [4.69, 9.17) is 10.6 Å². The maximum atomic E-state index is 5.86. The Bertz CT molecular complexity index is 450. The first-order valence-electron chi connectivity index (χ1n) is 7.03. The minimum absolute atomic E-state index is 0.0779. The lowest BCUT2D eigenvalue weighted by molar-refractivity contribution is -0.0387. The molecule has 2 rings (SSSR count). The second-order valence-electron chi connectivity index (χ2n) is 5.33. The first-order valence-corrected chi connectivity index (χ1v) is 7.82. The molecule has 2 atom stereocenters. The number of halogens is 1. The van der Waals surface area contributed by atoms with Gasteiger partial charge in [-0.15, -0.1) is 0 Å². The molecular formula is C13H24BrN5O. The van der Waals surface area contributed by atoms with Crippen LogP contribution in [-0.4, -0.2) is 53.6 Å². The molecule has 2 unspecified atom stereocenters. The predicted octanol–water partition coefficient (Wildman–Crippen LogP) is 0.450. The molecular weight excluding hydrogens is 322 g/mol. The first kappa shape index (κ1) is 15.9. The molecule has 20 heavy (non-hydrogen) atoms. The third-order valence-electron chi connectivity index (χ3n) is 3.88. The van der Waals surface area contributed by atoms with Gasteiger partial charge in [0.15, 0.2) is 0 Å². The number of morpholine rings is 1. The van der Waals surface area contributed by atoms with E-state index in [1.54, 1.807) is 0 Å². The van der Waals surface area contributed by atoms with Gasteiger partial charge in [0.2, 0.25) is 0 Å². The van der Waals surface area contributed by atoms with E-state index in [0.29, 0.717) is 0 Å². The zero-order valence-electron chi connectivity index (χ0n) is 12.4. The fraction of sp³-hybridized carbons (Fsp3) is 0.769. The summed E-state index contributed by atoms with van der Waals surface area (Å²) in [6.07, 6.45) is 1.81. The van der Waals surface area contributed by atoms with Crippen molar-refractivity contribution in [3.63, 3.8) is 0 Å². The number of nitrogens with two attached hydrogens (primary N) is 1. The van der Waals surface area contributed by atoms with Crippen molar-refractivity contribution in [1.29, 1.82) is 0 Å². The van der Waals surface area contributed by atoms with E-state index in [1.807, 2.05) is 11.7 Å². The van der Waals surface area contributed by atoms with Gasteiger partial charge in [-0.25, -0.2) is 0 Å². The number of nitrogens with zero attached hydrogens (tertiary/aromatic N) is 3. The molecule has 1 aliphatic heterocycles. The highest BCUT2D eigenvalue weighted by Gasteiger charge is 2.28. The predicted molar refractivity (Wildman–Crippen MR) is 82.3 cm³/mol. The number of likely N-dealkylation sites (N-methyl/N-ethyl adjacent to an activating group) is 1. The molecule has 0 spiro atoms. The van der Waals surface area contributed by atoms with Crippen LogP contribution in [0, 0.1) is 0 Å². The van der Waals surface area contributed by atoms with Gasteiger partial charge in [0.25, 0.3) is 0 Å². The highest BCUT2D eigenvalue weighted by molar-refractivity contribution is 9.10. The lowest BCUT2D eigenvalue weighted by Crippen LogP contribution is -2.54. The van der Waals surface area contributed by atoms with Gasteiger partial charge in [-0.1, -0.05) is 6.92 Å². The molecule has 1 aliphatic rings. The summed E-state index contributed by atoms with van der Waals surface area (Å²) in [6.45, 7) is 4.73. The second-order valence-corrected chi connectivity index (χ2v) is 6.13. The third kappa shape index (κ3) is 3.40. The van der Waals surface area contributed by atoms with Crippen molar-refractivity contribution in [2.75, 3.05) is 26.7 Å².